The van der Waals surface area contributed by atoms with Gasteiger partial charge in [0.15, 0.2) is 0 Å². The first-order valence-electron chi connectivity index (χ1n) is 15.0. The molecule has 2 aromatic carbocycles. The highest BCUT2D eigenvalue weighted by molar-refractivity contribution is 5.92. The average Bonchev–Trinajstić information content (AvgIpc) is 2.98. The maximum Gasteiger partial charge on any atom is 0.313 e. The largest absolute Gasteiger partial charge is 0.457 e. The normalized spacial score (nSPS) is 17.0. The molecule has 238 valence electrons. The van der Waals surface area contributed by atoms with Gasteiger partial charge in [-0.2, -0.15) is 0 Å². The van der Waals surface area contributed by atoms with E-state index in [9.17, 15) is 24.0 Å². The summed E-state index contributed by atoms with van der Waals surface area (Å²) in [5, 5.41) is 0. The van der Waals surface area contributed by atoms with Crippen molar-refractivity contribution in [3.05, 3.63) is 60.2 Å². The first-order chi connectivity index (χ1) is 21.3. The monoisotopic (exact) mass is 611 g/mol. The highest BCUT2D eigenvalue weighted by atomic mass is 16.7. The van der Waals surface area contributed by atoms with Crippen LogP contribution in [0, 0.1) is 17.8 Å². The smallest absolute Gasteiger partial charge is 0.313 e. The molecule has 1 amide bonds. The van der Waals surface area contributed by atoms with Crippen molar-refractivity contribution < 1.29 is 47.7 Å². The van der Waals surface area contributed by atoms with E-state index in [4.69, 9.17) is 23.7 Å². The molecule has 0 radical (unpaired) electrons. The second kappa shape index (κ2) is 17.6. The van der Waals surface area contributed by atoms with Gasteiger partial charge in [-0.05, 0) is 55.5 Å². The molecule has 3 rings (SSSR count). The molecule has 1 saturated carbocycles. The summed E-state index contributed by atoms with van der Waals surface area (Å²) < 4.78 is 25.9. The number of carbonyl (C=O) groups excluding carboxylic acids is 5. The van der Waals surface area contributed by atoms with Crippen LogP contribution >= 0.6 is 0 Å². The van der Waals surface area contributed by atoms with Crippen LogP contribution in [-0.2, 0) is 49.5 Å². The van der Waals surface area contributed by atoms with Gasteiger partial charge in [-0.25, -0.2) is 0 Å². The molecule has 1 fully saturated rings. The summed E-state index contributed by atoms with van der Waals surface area (Å²) in [6.07, 6.45) is 2.22. The molecule has 0 heterocycles. The predicted octanol–water partition coefficient (Wildman–Crippen LogP) is 5.16. The van der Waals surface area contributed by atoms with E-state index in [0.29, 0.717) is 37.3 Å². The van der Waals surface area contributed by atoms with Gasteiger partial charge in [0.05, 0.1) is 17.8 Å². The SMILES string of the molecule is CCCC(=O)OCOC(=O)C1CC(C(=O)N(CCC)Cc2ccc(Oc3ccccc3)cc2)C1C(=O)OCOC(=O)CCC. The van der Waals surface area contributed by atoms with Crippen LogP contribution in [0.25, 0.3) is 0 Å². The van der Waals surface area contributed by atoms with Gasteiger partial charge in [0.1, 0.15) is 11.5 Å². The summed E-state index contributed by atoms with van der Waals surface area (Å²) >= 11 is 0. The zero-order chi connectivity index (χ0) is 31.9. The van der Waals surface area contributed by atoms with E-state index in [1.54, 1.807) is 4.90 Å². The van der Waals surface area contributed by atoms with Crippen LogP contribution in [-0.4, -0.2) is 54.8 Å². The Hall–Kier alpha value is -4.41. The number of para-hydroxylation sites is 1. The lowest BCUT2D eigenvalue weighted by Crippen LogP contribution is -2.54. The Morgan fingerprint density at radius 3 is 1.82 bits per heavy atom. The van der Waals surface area contributed by atoms with Gasteiger partial charge in [-0.3, -0.25) is 24.0 Å². The molecule has 3 unspecified atom stereocenters. The summed E-state index contributed by atoms with van der Waals surface area (Å²) in [4.78, 5) is 64.6. The van der Waals surface area contributed by atoms with Gasteiger partial charge in [0, 0.05) is 25.9 Å². The van der Waals surface area contributed by atoms with Crippen LogP contribution in [0.15, 0.2) is 54.6 Å². The second-order valence-corrected chi connectivity index (χ2v) is 10.5. The van der Waals surface area contributed by atoms with Crippen LogP contribution in [0.2, 0.25) is 0 Å². The quantitative estimate of drug-likeness (QED) is 0.174. The van der Waals surface area contributed by atoms with E-state index < -0.39 is 55.2 Å². The molecule has 0 spiro atoms. The molecule has 1 aliphatic carbocycles. The standard InChI is InChI=1S/C33H41NO10/c1-4-10-28(35)40-21-42-32(38)27-19-26(30(27)33(39)43-22-41-29(36)11-5-2)31(37)34(18-6-3)20-23-14-16-25(17-15-23)44-24-12-8-7-9-13-24/h7-9,12-17,26-27,30H,4-6,10-11,18-22H2,1-3H3. The van der Waals surface area contributed by atoms with Crippen molar-refractivity contribution in [2.75, 3.05) is 20.1 Å². The zero-order valence-electron chi connectivity index (χ0n) is 25.5. The number of nitrogens with zero attached hydrogens (tertiary/aromatic N) is 1. The number of hydrogen-bond acceptors (Lipinski definition) is 10. The summed E-state index contributed by atoms with van der Waals surface area (Å²) in [6.45, 7) is 5.06. The number of benzene rings is 2. The number of ether oxygens (including phenoxy) is 5. The Kier molecular flexibility index (Phi) is 13.7. The van der Waals surface area contributed by atoms with E-state index >= 15 is 0 Å². The number of carbonyl (C=O) groups is 5. The Labute approximate surface area is 257 Å². The van der Waals surface area contributed by atoms with Gasteiger partial charge < -0.3 is 28.6 Å². The molecule has 0 aliphatic heterocycles. The fraction of sp³-hybridized carbons (Fsp3) is 0.485. The third-order valence-electron chi connectivity index (χ3n) is 7.10. The maximum atomic E-state index is 13.7. The number of amides is 1. The minimum absolute atomic E-state index is 0.0556. The lowest BCUT2D eigenvalue weighted by molar-refractivity contribution is -0.191. The molecular weight excluding hydrogens is 570 g/mol. The van der Waals surface area contributed by atoms with Gasteiger partial charge in [-0.15, -0.1) is 0 Å². The number of rotatable bonds is 17. The number of esters is 4. The van der Waals surface area contributed by atoms with Gasteiger partial charge in [-0.1, -0.05) is 51.1 Å². The summed E-state index contributed by atoms with van der Waals surface area (Å²) in [5.74, 6) is -4.59. The molecule has 2 aromatic rings. The molecule has 44 heavy (non-hydrogen) atoms. The van der Waals surface area contributed by atoms with Crippen molar-refractivity contribution in [2.24, 2.45) is 17.8 Å². The summed E-state index contributed by atoms with van der Waals surface area (Å²) in [5.41, 5.74) is 0.860. The van der Waals surface area contributed by atoms with Crippen molar-refractivity contribution in [1.82, 2.24) is 4.90 Å². The van der Waals surface area contributed by atoms with Crippen LogP contribution in [0.1, 0.15) is 64.9 Å². The Bertz CT molecular complexity index is 1250. The third-order valence-corrected chi connectivity index (χ3v) is 7.10. The van der Waals surface area contributed by atoms with Crippen molar-refractivity contribution in [2.45, 2.75) is 65.8 Å². The fourth-order valence-corrected chi connectivity index (χ4v) is 4.82. The highest BCUT2D eigenvalue weighted by Gasteiger charge is 2.55. The van der Waals surface area contributed by atoms with Crippen molar-refractivity contribution in [3.63, 3.8) is 0 Å². The summed E-state index contributed by atoms with van der Waals surface area (Å²) in [7, 11) is 0. The van der Waals surface area contributed by atoms with E-state index in [-0.39, 0.29) is 31.7 Å². The minimum atomic E-state index is -1.15. The molecule has 1 aliphatic rings. The number of hydrogen-bond donors (Lipinski definition) is 0. The fourth-order valence-electron chi connectivity index (χ4n) is 4.82. The van der Waals surface area contributed by atoms with Crippen molar-refractivity contribution in [3.8, 4) is 11.5 Å². The third kappa shape index (κ3) is 10.1. The lowest BCUT2D eigenvalue weighted by Gasteiger charge is -2.42. The highest BCUT2D eigenvalue weighted by Crippen LogP contribution is 2.43. The van der Waals surface area contributed by atoms with E-state index in [1.807, 2.05) is 75.4 Å². The Morgan fingerprint density at radius 2 is 1.25 bits per heavy atom. The van der Waals surface area contributed by atoms with Gasteiger partial charge in [0.25, 0.3) is 0 Å². The minimum Gasteiger partial charge on any atom is -0.457 e. The van der Waals surface area contributed by atoms with E-state index in [0.717, 1.165) is 5.56 Å². The predicted molar refractivity (Wildman–Crippen MR) is 158 cm³/mol. The van der Waals surface area contributed by atoms with Crippen LogP contribution in [0.3, 0.4) is 0 Å². The second-order valence-electron chi connectivity index (χ2n) is 10.5. The molecule has 0 bridgehead atoms. The molecule has 0 aromatic heterocycles. The summed E-state index contributed by atoms with van der Waals surface area (Å²) in [6, 6.07) is 16.7. The lowest BCUT2D eigenvalue weighted by atomic mass is 9.64. The molecule has 11 heteroatoms. The topological polar surface area (TPSA) is 135 Å². The van der Waals surface area contributed by atoms with Crippen molar-refractivity contribution >= 4 is 29.8 Å². The van der Waals surface area contributed by atoms with E-state index in [1.165, 1.54) is 0 Å². The first-order valence-corrected chi connectivity index (χ1v) is 15.0. The molecule has 11 nitrogen and oxygen atoms in total. The molecular formula is C33H41NO10. The van der Waals surface area contributed by atoms with Crippen LogP contribution in [0.4, 0.5) is 0 Å². The molecule has 3 atom stereocenters. The zero-order valence-corrected chi connectivity index (χ0v) is 25.5. The Morgan fingerprint density at radius 1 is 0.682 bits per heavy atom. The molecule has 0 N–H and O–H groups in total. The first kappa shape index (κ1) is 34.1. The van der Waals surface area contributed by atoms with Crippen LogP contribution < -0.4 is 4.74 Å². The van der Waals surface area contributed by atoms with Crippen LogP contribution in [0.5, 0.6) is 11.5 Å². The molecule has 0 saturated heterocycles. The van der Waals surface area contributed by atoms with Gasteiger partial charge in [0.2, 0.25) is 19.5 Å². The Balaban J connectivity index is 1.68. The average molecular weight is 612 g/mol. The maximum absolute atomic E-state index is 13.7. The van der Waals surface area contributed by atoms with Crippen molar-refractivity contribution in [1.29, 1.82) is 0 Å². The van der Waals surface area contributed by atoms with Gasteiger partial charge >= 0.3 is 23.9 Å². The van der Waals surface area contributed by atoms with E-state index in [2.05, 4.69) is 0 Å².